The molecule has 2 amide bonds. The quantitative estimate of drug-likeness (QED) is 0.870. The Morgan fingerprint density at radius 2 is 1.96 bits per heavy atom. The van der Waals surface area contributed by atoms with Crippen molar-refractivity contribution in [1.82, 2.24) is 15.2 Å². The van der Waals surface area contributed by atoms with Crippen LogP contribution in [0.25, 0.3) is 11.3 Å². The summed E-state index contributed by atoms with van der Waals surface area (Å²) in [4.78, 5) is 29.8. The van der Waals surface area contributed by atoms with Crippen LogP contribution in [0.1, 0.15) is 30.1 Å². The zero-order chi connectivity index (χ0) is 20.1. The Labute approximate surface area is 161 Å². The van der Waals surface area contributed by atoms with Crippen LogP contribution in [-0.4, -0.2) is 47.6 Å². The number of rotatable bonds is 4. The van der Waals surface area contributed by atoms with E-state index in [9.17, 15) is 18.4 Å². The van der Waals surface area contributed by atoms with Gasteiger partial charge in [0.15, 0.2) is 0 Å². The minimum Gasteiger partial charge on any atom is -0.450 e. The average molecular weight is 389 g/mol. The summed E-state index contributed by atoms with van der Waals surface area (Å²) in [6.07, 6.45) is 2.26. The molecule has 2 aromatic rings. The van der Waals surface area contributed by atoms with Crippen molar-refractivity contribution < 1.29 is 23.1 Å². The predicted molar refractivity (Wildman–Crippen MR) is 98.7 cm³/mol. The fourth-order valence-corrected chi connectivity index (χ4v) is 3.07. The highest BCUT2D eigenvalue weighted by atomic mass is 19.1. The molecule has 0 radical (unpaired) electrons. The topological polar surface area (TPSA) is 71.5 Å². The van der Waals surface area contributed by atoms with Gasteiger partial charge in [-0.15, -0.1) is 0 Å². The van der Waals surface area contributed by atoms with Crippen LogP contribution in [0.5, 0.6) is 0 Å². The van der Waals surface area contributed by atoms with Crippen LogP contribution in [0.4, 0.5) is 13.6 Å². The van der Waals surface area contributed by atoms with Crippen LogP contribution in [0.15, 0.2) is 36.5 Å². The highest BCUT2D eigenvalue weighted by Gasteiger charge is 2.25. The smallest absolute Gasteiger partial charge is 0.409 e. The number of nitrogens with zero attached hydrogens (tertiary/aromatic N) is 2. The van der Waals surface area contributed by atoms with E-state index in [0.29, 0.717) is 38.1 Å². The van der Waals surface area contributed by atoms with Crippen LogP contribution in [0.2, 0.25) is 0 Å². The molecular formula is C20H21F2N3O3. The van der Waals surface area contributed by atoms with Gasteiger partial charge in [0.2, 0.25) is 0 Å². The number of aromatic nitrogens is 1. The second kappa shape index (κ2) is 8.77. The van der Waals surface area contributed by atoms with Gasteiger partial charge in [0, 0.05) is 30.9 Å². The molecule has 1 aliphatic heterocycles. The normalized spacial score (nSPS) is 14.6. The number of pyridine rings is 1. The number of halogens is 2. The highest BCUT2D eigenvalue weighted by molar-refractivity contribution is 5.94. The van der Waals surface area contributed by atoms with Gasteiger partial charge in [-0.1, -0.05) is 0 Å². The molecule has 1 N–H and O–H groups in total. The Kier molecular flexibility index (Phi) is 6.18. The molecule has 1 saturated heterocycles. The van der Waals surface area contributed by atoms with Gasteiger partial charge in [-0.05, 0) is 50.1 Å². The molecule has 2 heterocycles. The molecule has 148 valence electrons. The molecule has 0 spiro atoms. The molecule has 0 saturated carbocycles. The van der Waals surface area contributed by atoms with Gasteiger partial charge in [-0.3, -0.25) is 9.78 Å². The maximum atomic E-state index is 13.8. The first kappa shape index (κ1) is 19.7. The van der Waals surface area contributed by atoms with Crippen molar-refractivity contribution >= 4 is 12.0 Å². The summed E-state index contributed by atoms with van der Waals surface area (Å²) in [6, 6.07) is 6.09. The second-order valence-electron chi connectivity index (χ2n) is 6.49. The van der Waals surface area contributed by atoms with Crippen molar-refractivity contribution in [3.63, 3.8) is 0 Å². The van der Waals surface area contributed by atoms with E-state index in [-0.39, 0.29) is 29.3 Å². The highest BCUT2D eigenvalue weighted by Crippen LogP contribution is 2.22. The monoisotopic (exact) mass is 389 g/mol. The molecule has 1 aromatic heterocycles. The fourth-order valence-electron chi connectivity index (χ4n) is 3.07. The Bertz CT molecular complexity index is 850. The molecular weight excluding hydrogens is 368 g/mol. The van der Waals surface area contributed by atoms with Crippen LogP contribution in [0.3, 0.4) is 0 Å². The molecule has 1 aromatic carbocycles. The number of amides is 2. The largest absolute Gasteiger partial charge is 0.450 e. The molecule has 1 fully saturated rings. The van der Waals surface area contributed by atoms with Gasteiger partial charge in [0.1, 0.15) is 11.6 Å². The first-order valence-electron chi connectivity index (χ1n) is 9.12. The lowest BCUT2D eigenvalue weighted by atomic mass is 10.0. The minimum atomic E-state index is -0.584. The van der Waals surface area contributed by atoms with Crippen molar-refractivity contribution in [3.8, 4) is 11.3 Å². The summed E-state index contributed by atoms with van der Waals surface area (Å²) in [6.45, 7) is 3.12. The summed E-state index contributed by atoms with van der Waals surface area (Å²) in [5.74, 6) is -1.44. The van der Waals surface area contributed by atoms with E-state index in [2.05, 4.69) is 10.3 Å². The van der Waals surface area contributed by atoms with Gasteiger partial charge in [-0.2, -0.15) is 0 Å². The first-order chi connectivity index (χ1) is 13.5. The Morgan fingerprint density at radius 1 is 1.21 bits per heavy atom. The van der Waals surface area contributed by atoms with E-state index in [0.717, 1.165) is 18.2 Å². The lowest BCUT2D eigenvalue weighted by Crippen LogP contribution is -2.46. The third-order valence-corrected chi connectivity index (χ3v) is 4.59. The zero-order valence-electron chi connectivity index (χ0n) is 15.5. The van der Waals surface area contributed by atoms with Crippen LogP contribution >= 0.6 is 0 Å². The standard InChI is InChI=1S/C20H21F2N3O3/c1-2-28-20(27)25-9-7-15(8-10-25)24-19(26)13-3-6-18(23-12-13)16-11-14(21)4-5-17(16)22/h3-6,11-12,15H,2,7-10H2,1H3,(H,24,26). The average Bonchev–Trinajstić information content (AvgIpc) is 2.70. The summed E-state index contributed by atoms with van der Waals surface area (Å²) in [7, 11) is 0. The van der Waals surface area contributed by atoms with Gasteiger partial charge in [-0.25, -0.2) is 13.6 Å². The van der Waals surface area contributed by atoms with Gasteiger partial charge in [0.25, 0.3) is 5.91 Å². The number of hydrogen-bond acceptors (Lipinski definition) is 4. The number of benzene rings is 1. The third kappa shape index (κ3) is 4.62. The first-order valence-corrected chi connectivity index (χ1v) is 9.12. The summed E-state index contributed by atoms with van der Waals surface area (Å²) in [5, 5.41) is 2.91. The SMILES string of the molecule is CCOC(=O)N1CCC(NC(=O)c2ccc(-c3cc(F)ccc3F)nc2)CC1. The molecule has 6 nitrogen and oxygen atoms in total. The van der Waals surface area contributed by atoms with E-state index in [1.54, 1.807) is 11.8 Å². The number of piperidine rings is 1. The minimum absolute atomic E-state index is 0.0401. The summed E-state index contributed by atoms with van der Waals surface area (Å²) >= 11 is 0. The zero-order valence-corrected chi connectivity index (χ0v) is 15.5. The number of ether oxygens (including phenoxy) is 1. The third-order valence-electron chi connectivity index (χ3n) is 4.59. The lowest BCUT2D eigenvalue weighted by Gasteiger charge is -2.31. The van der Waals surface area contributed by atoms with Gasteiger partial charge >= 0.3 is 6.09 Å². The lowest BCUT2D eigenvalue weighted by molar-refractivity contribution is 0.0860. The predicted octanol–water partition coefficient (Wildman–Crippen LogP) is 3.38. The number of likely N-dealkylation sites (tertiary alicyclic amines) is 1. The van der Waals surface area contributed by atoms with Crippen LogP contribution in [0, 0.1) is 11.6 Å². The number of hydrogen-bond donors (Lipinski definition) is 1. The summed E-state index contributed by atoms with van der Waals surface area (Å²) in [5.41, 5.74) is 0.614. The maximum absolute atomic E-state index is 13.8. The van der Waals surface area contributed by atoms with Crippen LogP contribution in [-0.2, 0) is 4.74 Å². The van der Waals surface area contributed by atoms with Crippen molar-refractivity contribution in [2.75, 3.05) is 19.7 Å². The van der Waals surface area contributed by atoms with E-state index >= 15 is 0 Å². The number of carbonyl (C=O) groups is 2. The molecule has 0 unspecified atom stereocenters. The Morgan fingerprint density at radius 3 is 2.61 bits per heavy atom. The van der Waals surface area contributed by atoms with Gasteiger partial charge in [0.05, 0.1) is 17.9 Å². The fraction of sp³-hybridized carbons (Fsp3) is 0.350. The summed E-state index contributed by atoms with van der Waals surface area (Å²) < 4.78 is 32.1. The van der Waals surface area contributed by atoms with Crippen molar-refractivity contribution in [2.45, 2.75) is 25.8 Å². The van der Waals surface area contributed by atoms with E-state index < -0.39 is 11.6 Å². The van der Waals surface area contributed by atoms with Crippen LogP contribution < -0.4 is 5.32 Å². The molecule has 8 heteroatoms. The molecule has 3 rings (SSSR count). The van der Waals surface area contributed by atoms with E-state index in [1.807, 2.05) is 0 Å². The van der Waals surface area contributed by atoms with E-state index in [4.69, 9.17) is 4.74 Å². The molecule has 1 aliphatic rings. The molecule has 0 bridgehead atoms. The molecule has 0 atom stereocenters. The van der Waals surface area contributed by atoms with Gasteiger partial charge < -0.3 is 15.0 Å². The van der Waals surface area contributed by atoms with Crippen molar-refractivity contribution in [3.05, 3.63) is 53.7 Å². The van der Waals surface area contributed by atoms with Crippen molar-refractivity contribution in [2.24, 2.45) is 0 Å². The second-order valence-corrected chi connectivity index (χ2v) is 6.49. The number of nitrogens with one attached hydrogen (secondary N) is 1. The molecule has 0 aliphatic carbocycles. The maximum Gasteiger partial charge on any atom is 0.409 e. The Hall–Kier alpha value is -3.03. The number of carbonyl (C=O) groups excluding carboxylic acids is 2. The molecule has 28 heavy (non-hydrogen) atoms. The van der Waals surface area contributed by atoms with Crippen molar-refractivity contribution in [1.29, 1.82) is 0 Å². The Balaban J connectivity index is 1.58. The van der Waals surface area contributed by atoms with E-state index in [1.165, 1.54) is 18.3 Å².